The highest BCUT2D eigenvalue weighted by Gasteiger charge is 2.30. The first-order chi connectivity index (χ1) is 13.6. The Morgan fingerprint density at radius 2 is 2.11 bits per heavy atom. The van der Waals surface area contributed by atoms with Crippen LogP contribution in [0.1, 0.15) is 30.3 Å². The predicted molar refractivity (Wildman–Crippen MR) is 105 cm³/mol. The standard InChI is InChI=1S/C21H22N4O3/c1-14-22-20(24-28-14)16-7-3-8-17(12-16)23-21(26)25-11-5-10-19(25)15-6-4-9-18(13-15)27-2/h3-4,6-9,12-13,19H,5,10-11H2,1-2H3,(H,23,26). The van der Waals surface area contributed by atoms with E-state index >= 15 is 0 Å². The summed E-state index contributed by atoms with van der Waals surface area (Å²) < 4.78 is 10.4. The average molecular weight is 378 g/mol. The van der Waals surface area contributed by atoms with E-state index in [1.165, 1.54) is 0 Å². The lowest BCUT2D eigenvalue weighted by molar-refractivity contribution is 0.207. The molecule has 1 unspecified atom stereocenters. The molecule has 144 valence electrons. The van der Waals surface area contributed by atoms with Gasteiger partial charge in [0.1, 0.15) is 5.75 Å². The van der Waals surface area contributed by atoms with Crippen molar-refractivity contribution in [2.45, 2.75) is 25.8 Å². The number of hydrogen-bond donors (Lipinski definition) is 1. The third-order valence-corrected chi connectivity index (χ3v) is 4.89. The maximum atomic E-state index is 12.9. The van der Waals surface area contributed by atoms with Gasteiger partial charge in [-0.05, 0) is 42.7 Å². The Bertz CT molecular complexity index is 985. The van der Waals surface area contributed by atoms with Gasteiger partial charge in [0.25, 0.3) is 0 Å². The lowest BCUT2D eigenvalue weighted by Crippen LogP contribution is -2.34. The zero-order chi connectivity index (χ0) is 19.5. The number of aromatic nitrogens is 2. The van der Waals surface area contributed by atoms with Crippen LogP contribution in [-0.2, 0) is 0 Å². The summed E-state index contributed by atoms with van der Waals surface area (Å²) in [6.07, 6.45) is 1.90. The summed E-state index contributed by atoms with van der Waals surface area (Å²) in [5.41, 5.74) is 2.57. The van der Waals surface area contributed by atoms with Crippen LogP contribution in [0.3, 0.4) is 0 Å². The average Bonchev–Trinajstić information content (AvgIpc) is 3.37. The number of rotatable bonds is 4. The second-order valence-electron chi connectivity index (χ2n) is 6.78. The third-order valence-electron chi connectivity index (χ3n) is 4.89. The van der Waals surface area contributed by atoms with Gasteiger partial charge in [-0.2, -0.15) is 4.98 Å². The number of nitrogens with zero attached hydrogens (tertiary/aromatic N) is 3. The van der Waals surface area contributed by atoms with Crippen molar-refractivity contribution in [3.63, 3.8) is 0 Å². The van der Waals surface area contributed by atoms with Gasteiger partial charge in [-0.1, -0.05) is 29.4 Å². The SMILES string of the molecule is COc1cccc(C2CCCN2C(=O)Nc2cccc(-c3noc(C)n3)c2)c1. The molecule has 2 aromatic carbocycles. The number of carbonyl (C=O) groups is 1. The van der Waals surface area contributed by atoms with Gasteiger partial charge in [-0.25, -0.2) is 4.79 Å². The monoisotopic (exact) mass is 378 g/mol. The Morgan fingerprint density at radius 3 is 2.89 bits per heavy atom. The first-order valence-electron chi connectivity index (χ1n) is 9.26. The van der Waals surface area contributed by atoms with Crippen molar-refractivity contribution in [1.82, 2.24) is 15.0 Å². The van der Waals surface area contributed by atoms with E-state index in [0.717, 1.165) is 36.3 Å². The topological polar surface area (TPSA) is 80.5 Å². The molecule has 2 heterocycles. The normalized spacial score (nSPS) is 16.2. The molecule has 1 aromatic heterocycles. The Hall–Kier alpha value is -3.35. The fraction of sp³-hybridized carbons (Fsp3) is 0.286. The van der Waals surface area contributed by atoms with Crippen molar-refractivity contribution in [3.8, 4) is 17.1 Å². The van der Waals surface area contributed by atoms with Crippen molar-refractivity contribution in [2.75, 3.05) is 19.0 Å². The molecule has 0 bridgehead atoms. The van der Waals surface area contributed by atoms with Crippen molar-refractivity contribution in [1.29, 1.82) is 0 Å². The largest absolute Gasteiger partial charge is 0.497 e. The fourth-order valence-corrected chi connectivity index (χ4v) is 3.55. The molecule has 0 aliphatic carbocycles. The van der Waals surface area contributed by atoms with E-state index < -0.39 is 0 Å². The second kappa shape index (κ2) is 7.72. The minimum Gasteiger partial charge on any atom is -0.497 e. The van der Waals surface area contributed by atoms with E-state index in [0.29, 0.717) is 17.4 Å². The van der Waals surface area contributed by atoms with Gasteiger partial charge in [-0.3, -0.25) is 0 Å². The Kier molecular flexibility index (Phi) is 4.97. The number of benzene rings is 2. The van der Waals surface area contributed by atoms with Gasteiger partial charge in [-0.15, -0.1) is 0 Å². The van der Waals surface area contributed by atoms with Crippen LogP contribution in [0.5, 0.6) is 5.75 Å². The number of amides is 2. The van der Waals surface area contributed by atoms with E-state index in [4.69, 9.17) is 9.26 Å². The highest BCUT2D eigenvalue weighted by atomic mass is 16.5. The number of hydrogen-bond acceptors (Lipinski definition) is 5. The lowest BCUT2D eigenvalue weighted by Gasteiger charge is -2.25. The van der Waals surface area contributed by atoms with Gasteiger partial charge in [0.2, 0.25) is 11.7 Å². The van der Waals surface area contributed by atoms with Gasteiger partial charge >= 0.3 is 6.03 Å². The number of nitrogens with one attached hydrogen (secondary N) is 1. The number of urea groups is 1. The molecule has 1 aliphatic rings. The quantitative estimate of drug-likeness (QED) is 0.727. The lowest BCUT2D eigenvalue weighted by atomic mass is 10.0. The van der Waals surface area contributed by atoms with Crippen LogP contribution in [0, 0.1) is 6.92 Å². The van der Waals surface area contributed by atoms with Crippen molar-refractivity contribution in [3.05, 3.63) is 60.0 Å². The number of likely N-dealkylation sites (tertiary alicyclic amines) is 1. The van der Waals surface area contributed by atoms with Crippen LogP contribution in [0.25, 0.3) is 11.4 Å². The molecule has 3 aromatic rings. The van der Waals surface area contributed by atoms with Crippen LogP contribution < -0.4 is 10.1 Å². The number of carbonyl (C=O) groups excluding carboxylic acids is 1. The number of anilines is 1. The van der Waals surface area contributed by atoms with Gasteiger partial charge < -0.3 is 19.5 Å². The zero-order valence-electron chi connectivity index (χ0n) is 15.9. The third kappa shape index (κ3) is 3.69. The first kappa shape index (κ1) is 18.0. The smallest absolute Gasteiger partial charge is 0.322 e. The van der Waals surface area contributed by atoms with Crippen LogP contribution in [0.15, 0.2) is 53.1 Å². The van der Waals surface area contributed by atoms with Gasteiger partial charge in [0.05, 0.1) is 13.2 Å². The Labute approximate surface area is 163 Å². The summed E-state index contributed by atoms with van der Waals surface area (Å²) in [7, 11) is 1.65. The van der Waals surface area contributed by atoms with Crippen molar-refractivity contribution < 1.29 is 14.1 Å². The van der Waals surface area contributed by atoms with Crippen molar-refractivity contribution in [2.24, 2.45) is 0 Å². The van der Waals surface area contributed by atoms with Crippen LogP contribution >= 0.6 is 0 Å². The molecule has 1 aliphatic heterocycles. The molecular formula is C21H22N4O3. The maximum absolute atomic E-state index is 12.9. The Balaban J connectivity index is 1.51. The summed E-state index contributed by atoms with van der Waals surface area (Å²) in [5, 5.41) is 6.93. The molecule has 28 heavy (non-hydrogen) atoms. The minimum atomic E-state index is -0.119. The first-order valence-corrected chi connectivity index (χ1v) is 9.26. The summed E-state index contributed by atoms with van der Waals surface area (Å²) >= 11 is 0. The zero-order valence-corrected chi connectivity index (χ0v) is 15.9. The molecule has 0 spiro atoms. The number of methoxy groups -OCH3 is 1. The summed E-state index contributed by atoms with van der Waals surface area (Å²) in [6, 6.07) is 15.3. The van der Waals surface area contributed by atoms with Crippen molar-refractivity contribution >= 4 is 11.7 Å². The van der Waals surface area contributed by atoms with Crippen LogP contribution in [-0.4, -0.2) is 34.7 Å². The molecule has 0 saturated carbocycles. The molecule has 0 radical (unpaired) electrons. The molecule has 4 rings (SSSR count). The molecule has 1 atom stereocenters. The van der Waals surface area contributed by atoms with E-state index in [1.807, 2.05) is 53.4 Å². The summed E-state index contributed by atoms with van der Waals surface area (Å²) in [5.74, 6) is 1.81. The van der Waals surface area contributed by atoms with Crippen LogP contribution in [0.2, 0.25) is 0 Å². The van der Waals surface area contributed by atoms with E-state index in [-0.39, 0.29) is 12.1 Å². The Morgan fingerprint density at radius 1 is 1.25 bits per heavy atom. The number of ether oxygens (including phenoxy) is 1. The highest BCUT2D eigenvalue weighted by Crippen LogP contribution is 2.34. The number of aryl methyl sites for hydroxylation is 1. The molecule has 2 amide bonds. The summed E-state index contributed by atoms with van der Waals surface area (Å²) in [6.45, 7) is 2.46. The molecule has 7 nitrogen and oxygen atoms in total. The molecular weight excluding hydrogens is 356 g/mol. The maximum Gasteiger partial charge on any atom is 0.322 e. The predicted octanol–water partition coefficient (Wildman–Crippen LogP) is 4.42. The minimum absolute atomic E-state index is 0.0399. The van der Waals surface area contributed by atoms with E-state index in [2.05, 4.69) is 15.5 Å². The van der Waals surface area contributed by atoms with E-state index in [9.17, 15) is 4.79 Å². The second-order valence-corrected chi connectivity index (χ2v) is 6.78. The highest BCUT2D eigenvalue weighted by molar-refractivity contribution is 5.90. The molecule has 1 N–H and O–H groups in total. The fourth-order valence-electron chi connectivity index (χ4n) is 3.55. The van der Waals surface area contributed by atoms with Crippen LogP contribution in [0.4, 0.5) is 10.5 Å². The summed E-state index contributed by atoms with van der Waals surface area (Å²) in [4.78, 5) is 19.0. The van der Waals surface area contributed by atoms with E-state index in [1.54, 1.807) is 14.0 Å². The molecule has 7 heteroatoms. The van der Waals surface area contributed by atoms with Gasteiger partial charge in [0, 0.05) is 24.7 Å². The molecule has 1 saturated heterocycles. The van der Waals surface area contributed by atoms with Gasteiger partial charge in [0.15, 0.2) is 0 Å². The molecule has 1 fully saturated rings.